The Morgan fingerprint density at radius 3 is 2.23 bits per heavy atom. The third-order valence-corrected chi connectivity index (χ3v) is 4.58. The van der Waals surface area contributed by atoms with Crippen LogP contribution >= 0.6 is 0 Å². The summed E-state index contributed by atoms with van der Waals surface area (Å²) in [5.41, 5.74) is 7.74. The lowest BCUT2D eigenvalue weighted by molar-refractivity contribution is -0.154. The number of carboxylic acids is 1. The number of amides is 1. The van der Waals surface area contributed by atoms with Gasteiger partial charge in [0.2, 0.25) is 5.91 Å². The number of carbonyl (C=O) groups is 4. The molecule has 2 unspecified atom stereocenters. The number of methoxy groups -OCH3 is 1. The van der Waals surface area contributed by atoms with Crippen LogP contribution in [0.25, 0.3) is 0 Å². The van der Waals surface area contributed by atoms with Gasteiger partial charge >= 0.3 is 11.9 Å². The number of carbonyl (C=O) groups excluding carboxylic acids is 3. The van der Waals surface area contributed by atoms with Crippen molar-refractivity contribution in [2.24, 2.45) is 5.73 Å². The summed E-state index contributed by atoms with van der Waals surface area (Å²) >= 11 is 0. The second-order valence-electron chi connectivity index (χ2n) is 6.76. The number of benzene rings is 2. The first kappa shape index (κ1) is 22.8. The molecule has 0 bridgehead atoms. The van der Waals surface area contributed by atoms with E-state index in [0.717, 1.165) is 5.56 Å². The second kappa shape index (κ2) is 10.9. The number of hydrogen-bond donors (Lipinski definition) is 2. The lowest BCUT2D eigenvalue weighted by Crippen LogP contribution is -2.52. The zero-order chi connectivity index (χ0) is 22.1. The second-order valence-corrected chi connectivity index (χ2v) is 6.76. The summed E-state index contributed by atoms with van der Waals surface area (Å²) in [5.74, 6) is -2.54. The SMILES string of the molecule is COC(=O)C(Cc1ccccc1)N(Cc1ccc(C=O)cc1)C(=O)C(N)CC(=O)O. The highest BCUT2D eigenvalue weighted by Crippen LogP contribution is 2.17. The Bertz CT molecular complexity index is 882. The molecule has 8 nitrogen and oxygen atoms in total. The summed E-state index contributed by atoms with van der Waals surface area (Å²) in [5, 5.41) is 9.02. The van der Waals surface area contributed by atoms with Gasteiger partial charge in [-0.25, -0.2) is 4.79 Å². The summed E-state index contributed by atoms with van der Waals surface area (Å²) in [7, 11) is 1.22. The van der Waals surface area contributed by atoms with Crippen LogP contribution in [0.4, 0.5) is 0 Å². The number of aliphatic carboxylic acids is 1. The average Bonchev–Trinajstić information content (AvgIpc) is 2.75. The molecule has 0 spiro atoms. The molecule has 2 aromatic rings. The molecule has 1 amide bonds. The van der Waals surface area contributed by atoms with Gasteiger partial charge in [-0.05, 0) is 11.1 Å². The fraction of sp³-hybridized carbons (Fsp3) is 0.273. The highest BCUT2D eigenvalue weighted by atomic mass is 16.5. The largest absolute Gasteiger partial charge is 0.481 e. The first-order valence-corrected chi connectivity index (χ1v) is 9.29. The van der Waals surface area contributed by atoms with Gasteiger partial charge in [-0.15, -0.1) is 0 Å². The van der Waals surface area contributed by atoms with E-state index in [1.807, 2.05) is 30.3 Å². The zero-order valence-corrected chi connectivity index (χ0v) is 16.6. The summed E-state index contributed by atoms with van der Waals surface area (Å²) < 4.78 is 4.91. The van der Waals surface area contributed by atoms with Crippen LogP contribution in [0.3, 0.4) is 0 Å². The highest BCUT2D eigenvalue weighted by molar-refractivity contribution is 5.90. The molecule has 0 saturated carbocycles. The van der Waals surface area contributed by atoms with Gasteiger partial charge in [0.1, 0.15) is 12.3 Å². The van der Waals surface area contributed by atoms with E-state index in [9.17, 15) is 19.2 Å². The third-order valence-electron chi connectivity index (χ3n) is 4.58. The number of hydrogen-bond acceptors (Lipinski definition) is 6. The summed E-state index contributed by atoms with van der Waals surface area (Å²) in [6.07, 6.45) is 0.298. The Kier molecular flexibility index (Phi) is 8.25. The van der Waals surface area contributed by atoms with Crippen LogP contribution in [-0.2, 0) is 32.1 Å². The van der Waals surface area contributed by atoms with Gasteiger partial charge in [-0.3, -0.25) is 14.4 Å². The summed E-state index contributed by atoms with van der Waals surface area (Å²) in [6.45, 7) is -0.00209. The Balaban J connectivity index is 2.40. The molecule has 3 N–H and O–H groups in total. The molecular weight excluding hydrogens is 388 g/mol. The number of carboxylic acid groups (broad SMARTS) is 1. The molecule has 0 heterocycles. The average molecular weight is 412 g/mol. The number of nitrogens with two attached hydrogens (primary N) is 1. The molecule has 0 aliphatic heterocycles. The number of ether oxygens (including phenoxy) is 1. The number of rotatable bonds is 10. The molecule has 158 valence electrons. The normalized spacial score (nSPS) is 12.5. The van der Waals surface area contributed by atoms with Gasteiger partial charge in [0, 0.05) is 18.5 Å². The fourth-order valence-electron chi connectivity index (χ4n) is 3.02. The van der Waals surface area contributed by atoms with Crippen LogP contribution in [-0.4, -0.2) is 53.3 Å². The van der Waals surface area contributed by atoms with Crippen LogP contribution in [0.1, 0.15) is 27.9 Å². The Labute approximate surface area is 174 Å². The van der Waals surface area contributed by atoms with Gasteiger partial charge < -0.3 is 20.5 Å². The van der Waals surface area contributed by atoms with Crippen molar-refractivity contribution in [3.63, 3.8) is 0 Å². The Hall–Kier alpha value is -3.52. The molecule has 8 heteroatoms. The van der Waals surface area contributed by atoms with Crippen molar-refractivity contribution in [3.05, 3.63) is 71.3 Å². The monoisotopic (exact) mass is 412 g/mol. The predicted molar refractivity (Wildman–Crippen MR) is 109 cm³/mol. The minimum atomic E-state index is -1.32. The van der Waals surface area contributed by atoms with E-state index in [1.165, 1.54) is 12.0 Å². The topological polar surface area (TPSA) is 127 Å². The van der Waals surface area contributed by atoms with Gasteiger partial charge in [-0.2, -0.15) is 0 Å². The highest BCUT2D eigenvalue weighted by Gasteiger charge is 2.34. The van der Waals surface area contributed by atoms with Crippen LogP contribution < -0.4 is 5.73 Å². The smallest absolute Gasteiger partial charge is 0.328 e. The van der Waals surface area contributed by atoms with Crippen LogP contribution in [0.15, 0.2) is 54.6 Å². The van der Waals surface area contributed by atoms with Crippen molar-refractivity contribution in [2.75, 3.05) is 7.11 Å². The van der Waals surface area contributed by atoms with E-state index in [-0.39, 0.29) is 13.0 Å². The molecular formula is C22H24N2O6. The predicted octanol–water partition coefficient (Wildman–Crippen LogP) is 1.41. The van der Waals surface area contributed by atoms with Gasteiger partial charge in [-0.1, -0.05) is 54.6 Å². The summed E-state index contributed by atoms with van der Waals surface area (Å²) in [6, 6.07) is 13.2. The van der Waals surface area contributed by atoms with E-state index in [2.05, 4.69) is 0 Å². The van der Waals surface area contributed by atoms with Crippen LogP contribution in [0.2, 0.25) is 0 Å². The first-order chi connectivity index (χ1) is 14.3. The van der Waals surface area contributed by atoms with Crippen LogP contribution in [0, 0.1) is 0 Å². The molecule has 2 aromatic carbocycles. The number of esters is 1. The Morgan fingerprint density at radius 1 is 1.07 bits per heavy atom. The zero-order valence-electron chi connectivity index (χ0n) is 16.6. The van der Waals surface area contributed by atoms with E-state index in [1.54, 1.807) is 24.3 Å². The van der Waals surface area contributed by atoms with Gasteiger partial charge in [0.15, 0.2) is 0 Å². The molecule has 0 saturated heterocycles. The van der Waals surface area contributed by atoms with Gasteiger partial charge in [0.25, 0.3) is 0 Å². The molecule has 0 aliphatic carbocycles. The molecule has 0 radical (unpaired) electrons. The molecule has 2 atom stereocenters. The fourth-order valence-corrected chi connectivity index (χ4v) is 3.02. The molecule has 0 aromatic heterocycles. The maximum Gasteiger partial charge on any atom is 0.328 e. The summed E-state index contributed by atoms with van der Waals surface area (Å²) in [4.78, 5) is 48.8. The Morgan fingerprint density at radius 2 is 1.70 bits per heavy atom. The first-order valence-electron chi connectivity index (χ1n) is 9.29. The van der Waals surface area contributed by atoms with Crippen LogP contribution in [0.5, 0.6) is 0 Å². The molecule has 2 rings (SSSR count). The maximum atomic E-state index is 13.0. The van der Waals surface area contributed by atoms with Crippen molar-refractivity contribution in [2.45, 2.75) is 31.5 Å². The third kappa shape index (κ3) is 6.25. The minimum absolute atomic E-state index is 0.00209. The number of nitrogens with zero attached hydrogens (tertiary/aromatic N) is 1. The van der Waals surface area contributed by atoms with E-state index < -0.39 is 36.4 Å². The lowest BCUT2D eigenvalue weighted by atomic mass is 10.0. The van der Waals surface area contributed by atoms with Gasteiger partial charge in [0.05, 0.1) is 19.6 Å². The quantitative estimate of drug-likeness (QED) is 0.446. The van der Waals surface area contributed by atoms with Crippen molar-refractivity contribution in [1.29, 1.82) is 0 Å². The van der Waals surface area contributed by atoms with Crippen molar-refractivity contribution < 1.29 is 29.0 Å². The van der Waals surface area contributed by atoms with Crippen molar-refractivity contribution in [3.8, 4) is 0 Å². The number of aldehydes is 1. The van der Waals surface area contributed by atoms with Crippen molar-refractivity contribution >= 4 is 24.1 Å². The standard InChI is InChI=1S/C22H24N2O6/c1-30-22(29)19(11-15-5-3-2-4-6-15)24(21(28)18(23)12-20(26)27)13-16-7-9-17(14-25)10-8-16/h2-10,14,18-19H,11-13,23H2,1H3,(H,26,27). The molecule has 0 aliphatic rings. The minimum Gasteiger partial charge on any atom is -0.481 e. The van der Waals surface area contributed by atoms with E-state index in [4.69, 9.17) is 15.6 Å². The van der Waals surface area contributed by atoms with Crippen molar-refractivity contribution in [1.82, 2.24) is 4.90 Å². The lowest BCUT2D eigenvalue weighted by Gasteiger charge is -2.32. The molecule has 0 fully saturated rings. The maximum absolute atomic E-state index is 13.0. The van der Waals surface area contributed by atoms with E-state index >= 15 is 0 Å². The van der Waals surface area contributed by atoms with E-state index in [0.29, 0.717) is 17.4 Å². The molecule has 30 heavy (non-hydrogen) atoms.